The number of rotatable bonds is 3. The average Bonchev–Trinajstić information content (AvgIpc) is 2.59. The van der Waals surface area contributed by atoms with Crippen molar-refractivity contribution in [2.75, 3.05) is 0 Å². The molecule has 2 nitrogen and oxygen atoms in total. The Hall–Kier alpha value is -0.740. The Kier molecular flexibility index (Phi) is 13.4. The molecule has 2 rings (SSSR count). The van der Waals surface area contributed by atoms with Crippen LogP contribution in [0.1, 0.15) is 65.4 Å². The molecule has 1 aliphatic rings. The molecule has 1 saturated carbocycles. The summed E-state index contributed by atoms with van der Waals surface area (Å²) in [7, 11) is 0. The average molecular weight is 341 g/mol. The zero-order chi connectivity index (χ0) is 16.8. The Morgan fingerprint density at radius 2 is 1.55 bits per heavy atom. The minimum atomic E-state index is 0.567. The third kappa shape index (κ3) is 9.31. The second kappa shape index (κ2) is 13.9. The number of nitrogens with one attached hydrogen (secondary N) is 2. The second-order valence-corrected chi connectivity index (χ2v) is 6.11. The Morgan fingerprint density at radius 3 is 2.09 bits per heavy atom. The zero-order valence-corrected chi connectivity index (χ0v) is 16.4. The number of aryl methyl sites for hydroxylation is 1. The van der Waals surface area contributed by atoms with E-state index in [9.17, 15) is 0 Å². The van der Waals surface area contributed by atoms with Crippen LogP contribution in [0.25, 0.3) is 0 Å². The minimum Gasteiger partial charge on any atom is -0.359 e. The lowest BCUT2D eigenvalue weighted by Gasteiger charge is -2.24. The van der Waals surface area contributed by atoms with Crippen molar-refractivity contribution in [3.8, 4) is 0 Å². The fourth-order valence-corrected chi connectivity index (χ4v) is 3.01. The lowest BCUT2D eigenvalue weighted by atomic mass is 9.96. The van der Waals surface area contributed by atoms with E-state index in [1.807, 2.05) is 27.7 Å². The first-order valence-corrected chi connectivity index (χ1v) is 9.76. The Morgan fingerprint density at radius 1 is 1.00 bits per heavy atom. The van der Waals surface area contributed by atoms with Gasteiger partial charge in [0, 0.05) is 10.9 Å². The summed E-state index contributed by atoms with van der Waals surface area (Å²) in [5.74, 6) is 0. The normalized spacial score (nSPS) is 13.9. The van der Waals surface area contributed by atoms with Crippen molar-refractivity contribution >= 4 is 29.3 Å². The molecule has 2 N–H and O–H groups in total. The molecule has 0 radical (unpaired) electrons. The predicted molar refractivity (Wildman–Crippen MR) is 105 cm³/mol. The maximum absolute atomic E-state index is 5.32. The van der Waals surface area contributed by atoms with Gasteiger partial charge in [-0.05, 0) is 56.1 Å². The maximum Gasteiger partial charge on any atom is 0.176 e. The van der Waals surface area contributed by atoms with Gasteiger partial charge in [-0.25, -0.2) is 0 Å². The van der Waals surface area contributed by atoms with Gasteiger partial charge in [-0.1, -0.05) is 64.7 Å². The van der Waals surface area contributed by atoms with Crippen LogP contribution in [-0.2, 0) is 0 Å². The van der Waals surface area contributed by atoms with Crippen molar-refractivity contribution in [3.63, 3.8) is 0 Å². The van der Waals surface area contributed by atoms with E-state index in [4.69, 9.17) is 12.2 Å². The van der Waals surface area contributed by atoms with E-state index < -0.39 is 0 Å². The van der Waals surface area contributed by atoms with Gasteiger partial charge >= 0.3 is 0 Å². The van der Waals surface area contributed by atoms with Crippen molar-refractivity contribution in [2.45, 2.75) is 77.7 Å². The van der Waals surface area contributed by atoms with Gasteiger partial charge in [0.05, 0.1) is 0 Å². The summed E-state index contributed by atoms with van der Waals surface area (Å²) >= 11 is 6.89. The first-order valence-electron chi connectivity index (χ1n) is 8.54. The third-order valence-electron chi connectivity index (χ3n) is 3.22. The van der Waals surface area contributed by atoms with Crippen LogP contribution in [0.2, 0.25) is 0 Å². The van der Waals surface area contributed by atoms with Gasteiger partial charge in [0.15, 0.2) is 5.11 Å². The summed E-state index contributed by atoms with van der Waals surface area (Å²) in [5.41, 5.74) is 1.28. The van der Waals surface area contributed by atoms with Crippen molar-refractivity contribution in [1.29, 1.82) is 0 Å². The van der Waals surface area contributed by atoms with Gasteiger partial charge in [0.25, 0.3) is 0 Å². The summed E-state index contributed by atoms with van der Waals surface area (Å²) in [6, 6.07) is 9.01. The van der Waals surface area contributed by atoms with E-state index in [0.717, 1.165) is 5.11 Å². The molecule has 4 heteroatoms. The first kappa shape index (κ1) is 21.3. The van der Waals surface area contributed by atoms with E-state index in [2.05, 4.69) is 41.2 Å². The number of thiocarbonyl (C=S) groups is 1. The van der Waals surface area contributed by atoms with Crippen LogP contribution >= 0.6 is 24.2 Å². The molecule has 0 atom stereocenters. The van der Waals surface area contributed by atoms with Crippen LogP contribution in [0.15, 0.2) is 29.2 Å². The van der Waals surface area contributed by atoms with Crippen LogP contribution in [0.4, 0.5) is 0 Å². The fraction of sp³-hybridized carbons (Fsp3) is 0.611. The van der Waals surface area contributed by atoms with Crippen molar-refractivity contribution in [3.05, 3.63) is 29.8 Å². The zero-order valence-electron chi connectivity index (χ0n) is 14.7. The highest BCUT2D eigenvalue weighted by molar-refractivity contribution is 7.99. The molecule has 1 aromatic carbocycles. The molecule has 0 amide bonds. The smallest absolute Gasteiger partial charge is 0.176 e. The SMILES string of the molecule is CC.CC.Cc1ccc(SNC(=S)NC2CCCCC2)cc1. The lowest BCUT2D eigenvalue weighted by molar-refractivity contribution is 0.413. The van der Waals surface area contributed by atoms with E-state index in [1.165, 1.54) is 42.6 Å². The predicted octanol–water partition coefficient (Wildman–Crippen LogP) is 5.85. The first-order chi connectivity index (χ1) is 10.7. The Labute approximate surface area is 147 Å². The molecule has 22 heavy (non-hydrogen) atoms. The van der Waals surface area contributed by atoms with Gasteiger partial charge in [0.2, 0.25) is 0 Å². The molecule has 0 aliphatic heterocycles. The largest absolute Gasteiger partial charge is 0.359 e. The highest BCUT2D eigenvalue weighted by Crippen LogP contribution is 2.18. The molecule has 0 bridgehead atoms. The summed E-state index contributed by atoms with van der Waals surface area (Å²) in [6.45, 7) is 10.1. The lowest BCUT2D eigenvalue weighted by Crippen LogP contribution is -2.40. The summed E-state index contributed by atoms with van der Waals surface area (Å²) in [4.78, 5) is 1.19. The molecule has 1 fully saturated rings. The summed E-state index contributed by atoms with van der Waals surface area (Å²) in [5, 5.41) is 4.16. The number of hydrogen-bond donors (Lipinski definition) is 2. The number of hydrogen-bond acceptors (Lipinski definition) is 2. The molecule has 0 spiro atoms. The van der Waals surface area contributed by atoms with Gasteiger partial charge in [-0.3, -0.25) is 0 Å². The van der Waals surface area contributed by atoms with Gasteiger partial charge in [0.1, 0.15) is 0 Å². The maximum atomic E-state index is 5.32. The molecule has 0 heterocycles. The van der Waals surface area contributed by atoms with Crippen LogP contribution in [0.5, 0.6) is 0 Å². The highest BCUT2D eigenvalue weighted by Gasteiger charge is 2.13. The van der Waals surface area contributed by atoms with Gasteiger partial charge in [-0.15, -0.1) is 0 Å². The van der Waals surface area contributed by atoms with Crippen LogP contribution < -0.4 is 10.0 Å². The molecule has 0 aromatic heterocycles. The van der Waals surface area contributed by atoms with E-state index in [0.29, 0.717) is 6.04 Å². The van der Waals surface area contributed by atoms with E-state index in [-0.39, 0.29) is 0 Å². The minimum absolute atomic E-state index is 0.567. The molecule has 1 aliphatic carbocycles. The van der Waals surface area contributed by atoms with Crippen LogP contribution in [-0.4, -0.2) is 11.2 Å². The number of benzene rings is 1. The van der Waals surface area contributed by atoms with Crippen molar-refractivity contribution < 1.29 is 0 Å². The van der Waals surface area contributed by atoms with E-state index >= 15 is 0 Å². The molecule has 0 saturated heterocycles. The quantitative estimate of drug-likeness (QED) is 0.532. The van der Waals surface area contributed by atoms with Crippen LogP contribution in [0, 0.1) is 6.92 Å². The van der Waals surface area contributed by atoms with Crippen molar-refractivity contribution in [1.82, 2.24) is 10.0 Å². The van der Waals surface area contributed by atoms with Crippen molar-refractivity contribution in [2.24, 2.45) is 0 Å². The monoisotopic (exact) mass is 340 g/mol. The Balaban J connectivity index is 0.00000102. The van der Waals surface area contributed by atoms with Gasteiger partial charge < -0.3 is 10.0 Å². The standard InChI is InChI=1S/C14H20N2S2.2C2H6/c1-11-7-9-13(10-8-11)18-16-14(17)15-12-5-3-2-4-6-12;2*1-2/h7-10,12H,2-6H2,1H3,(H2,15,16,17);2*1-2H3. The highest BCUT2D eigenvalue weighted by atomic mass is 32.2. The third-order valence-corrected chi connectivity index (χ3v) is 4.39. The van der Waals surface area contributed by atoms with Crippen LogP contribution in [0.3, 0.4) is 0 Å². The van der Waals surface area contributed by atoms with E-state index in [1.54, 1.807) is 11.9 Å². The fourth-order valence-electron chi connectivity index (χ4n) is 2.17. The summed E-state index contributed by atoms with van der Waals surface area (Å²) < 4.78 is 3.20. The Bertz CT molecular complexity index is 385. The van der Waals surface area contributed by atoms with Gasteiger partial charge in [-0.2, -0.15) is 0 Å². The molecule has 126 valence electrons. The second-order valence-electron chi connectivity index (χ2n) is 4.83. The molecular weight excluding hydrogens is 308 g/mol. The molecule has 1 aromatic rings. The topological polar surface area (TPSA) is 24.1 Å². The summed E-state index contributed by atoms with van der Waals surface area (Å²) in [6.07, 6.45) is 6.52. The molecular formula is C18H32N2S2. The molecule has 0 unspecified atom stereocenters.